The molecular formula is C55H103NO8. The molecule has 7 unspecified atom stereocenters. The zero-order chi connectivity index (χ0) is 46.6. The van der Waals surface area contributed by atoms with Crippen molar-refractivity contribution in [1.82, 2.24) is 5.32 Å². The Balaban J connectivity index is 1.93. The van der Waals surface area contributed by atoms with E-state index in [1.54, 1.807) is 0 Å². The lowest BCUT2D eigenvalue weighted by atomic mass is 9.99. The van der Waals surface area contributed by atoms with Crippen LogP contribution in [0.2, 0.25) is 0 Å². The van der Waals surface area contributed by atoms with Crippen molar-refractivity contribution in [2.45, 2.75) is 294 Å². The first kappa shape index (κ1) is 60.4. The van der Waals surface area contributed by atoms with Crippen LogP contribution >= 0.6 is 0 Å². The number of unbranched alkanes of at least 4 members (excludes halogenated alkanes) is 30. The lowest BCUT2D eigenvalue weighted by Crippen LogP contribution is -2.60. The van der Waals surface area contributed by atoms with Crippen molar-refractivity contribution in [3.05, 3.63) is 36.5 Å². The van der Waals surface area contributed by atoms with E-state index in [0.29, 0.717) is 12.8 Å². The van der Waals surface area contributed by atoms with Crippen LogP contribution in [-0.4, -0.2) is 87.5 Å². The molecule has 1 heterocycles. The number of rotatable bonds is 46. The Morgan fingerprint density at radius 3 is 1.36 bits per heavy atom. The molecule has 1 rings (SSSR count). The monoisotopic (exact) mass is 906 g/mol. The largest absolute Gasteiger partial charge is 0.394 e. The summed E-state index contributed by atoms with van der Waals surface area (Å²) < 4.78 is 11.2. The fourth-order valence-electron chi connectivity index (χ4n) is 8.64. The van der Waals surface area contributed by atoms with Gasteiger partial charge in [-0.15, -0.1) is 0 Å². The SMILES string of the molecule is CCCCCCC/C=C\C/C=C\C/C=C\CCCCCCCCCCCCCCCCCCCCCCCCC(=O)NC(COC1OC(CO)C(O)C(O)C1O)C(O)CCCCCC. The molecule has 9 nitrogen and oxygen atoms in total. The maximum atomic E-state index is 12.9. The normalized spacial score (nSPS) is 20.3. The highest BCUT2D eigenvalue weighted by molar-refractivity contribution is 5.76. The molecular weight excluding hydrogens is 803 g/mol. The summed E-state index contributed by atoms with van der Waals surface area (Å²) in [7, 11) is 0. The van der Waals surface area contributed by atoms with Crippen molar-refractivity contribution in [2.24, 2.45) is 0 Å². The summed E-state index contributed by atoms with van der Waals surface area (Å²) in [4.78, 5) is 12.9. The molecule has 0 aromatic rings. The summed E-state index contributed by atoms with van der Waals surface area (Å²) in [5.41, 5.74) is 0. The Bertz CT molecular complexity index is 1100. The summed E-state index contributed by atoms with van der Waals surface area (Å²) in [6.07, 6.45) is 51.3. The van der Waals surface area contributed by atoms with Gasteiger partial charge in [-0.3, -0.25) is 4.79 Å². The van der Waals surface area contributed by atoms with Crippen molar-refractivity contribution < 1.29 is 39.8 Å². The van der Waals surface area contributed by atoms with Crippen LogP contribution in [0, 0.1) is 0 Å². The Labute approximate surface area is 393 Å². The van der Waals surface area contributed by atoms with Gasteiger partial charge < -0.3 is 40.3 Å². The van der Waals surface area contributed by atoms with E-state index in [4.69, 9.17) is 9.47 Å². The molecule has 0 aromatic carbocycles. The molecule has 0 aromatic heterocycles. The van der Waals surface area contributed by atoms with E-state index in [0.717, 1.165) is 57.8 Å². The van der Waals surface area contributed by atoms with Gasteiger partial charge in [0.1, 0.15) is 24.4 Å². The molecule has 7 atom stereocenters. The first-order chi connectivity index (χ1) is 31.3. The van der Waals surface area contributed by atoms with E-state index in [9.17, 15) is 30.3 Å². The van der Waals surface area contributed by atoms with Crippen molar-refractivity contribution in [1.29, 1.82) is 0 Å². The van der Waals surface area contributed by atoms with Gasteiger partial charge in [-0.2, -0.15) is 0 Å². The van der Waals surface area contributed by atoms with Crippen molar-refractivity contribution in [2.75, 3.05) is 13.2 Å². The van der Waals surface area contributed by atoms with E-state index in [-0.39, 0.29) is 12.5 Å². The van der Waals surface area contributed by atoms with Crippen LogP contribution in [0.15, 0.2) is 36.5 Å². The van der Waals surface area contributed by atoms with Gasteiger partial charge in [-0.25, -0.2) is 0 Å². The number of aliphatic hydroxyl groups excluding tert-OH is 5. The molecule has 0 saturated carbocycles. The van der Waals surface area contributed by atoms with E-state index >= 15 is 0 Å². The number of amides is 1. The minimum absolute atomic E-state index is 0.139. The Morgan fingerprint density at radius 2 is 0.922 bits per heavy atom. The van der Waals surface area contributed by atoms with E-state index in [1.165, 1.54) is 167 Å². The smallest absolute Gasteiger partial charge is 0.220 e. The van der Waals surface area contributed by atoms with Crippen molar-refractivity contribution in [3.63, 3.8) is 0 Å². The minimum Gasteiger partial charge on any atom is -0.394 e. The molecule has 0 bridgehead atoms. The van der Waals surface area contributed by atoms with Gasteiger partial charge in [-0.05, 0) is 51.4 Å². The number of allylic oxidation sites excluding steroid dienone is 6. The zero-order valence-electron chi connectivity index (χ0n) is 41.5. The van der Waals surface area contributed by atoms with Gasteiger partial charge in [0.05, 0.1) is 25.4 Å². The molecule has 1 aliphatic heterocycles. The second kappa shape index (κ2) is 45.2. The standard InChI is InChI=1S/C55H103NO8/c1-3-5-7-9-10-11-12-13-14-15-16-17-18-19-20-21-22-23-24-25-26-27-28-29-30-31-32-33-34-35-36-37-38-39-40-41-43-45-51(59)56-48(49(58)44-42-8-6-4-2)47-63-55-54(62)53(61)52(60)50(46-57)64-55/h12-13,15-16,18-19,48-50,52-55,57-58,60-62H,3-11,14,17,20-47H2,1-2H3,(H,56,59)/b13-12-,16-15-,19-18-. The summed E-state index contributed by atoms with van der Waals surface area (Å²) in [6, 6.07) is -0.712. The van der Waals surface area contributed by atoms with Gasteiger partial charge in [0.25, 0.3) is 0 Å². The van der Waals surface area contributed by atoms with Crippen LogP contribution in [0.4, 0.5) is 0 Å². The van der Waals surface area contributed by atoms with Crippen molar-refractivity contribution in [3.8, 4) is 0 Å². The predicted molar refractivity (Wildman–Crippen MR) is 267 cm³/mol. The molecule has 1 aliphatic rings. The Kier molecular flexibility index (Phi) is 42.7. The third-order valence-electron chi connectivity index (χ3n) is 13.0. The average Bonchev–Trinajstić information content (AvgIpc) is 3.29. The molecule has 0 radical (unpaired) electrons. The third kappa shape index (κ3) is 34.7. The molecule has 1 fully saturated rings. The number of ether oxygens (including phenoxy) is 2. The molecule has 376 valence electrons. The molecule has 0 spiro atoms. The summed E-state index contributed by atoms with van der Waals surface area (Å²) >= 11 is 0. The Morgan fingerprint density at radius 1 is 0.531 bits per heavy atom. The van der Waals surface area contributed by atoms with Gasteiger partial charge in [0.15, 0.2) is 6.29 Å². The number of aliphatic hydroxyl groups is 5. The van der Waals surface area contributed by atoms with Crippen molar-refractivity contribution >= 4 is 5.91 Å². The van der Waals surface area contributed by atoms with Gasteiger partial charge in [0, 0.05) is 6.42 Å². The van der Waals surface area contributed by atoms with Crippen LogP contribution in [0.5, 0.6) is 0 Å². The lowest BCUT2D eigenvalue weighted by molar-refractivity contribution is -0.302. The second-order valence-electron chi connectivity index (χ2n) is 19.0. The fourth-order valence-corrected chi connectivity index (χ4v) is 8.64. The average molecular weight is 906 g/mol. The number of carbonyl (C=O) groups excluding carboxylic acids is 1. The number of hydrogen-bond acceptors (Lipinski definition) is 8. The van der Waals surface area contributed by atoms with Gasteiger partial charge in [-0.1, -0.05) is 230 Å². The number of hydrogen-bond donors (Lipinski definition) is 6. The molecule has 1 amide bonds. The lowest BCUT2D eigenvalue weighted by Gasteiger charge is -2.40. The quantitative estimate of drug-likeness (QED) is 0.0261. The van der Waals surface area contributed by atoms with Gasteiger partial charge in [0.2, 0.25) is 5.91 Å². The molecule has 9 heteroatoms. The molecule has 1 saturated heterocycles. The minimum atomic E-state index is -1.55. The van der Waals surface area contributed by atoms with Crippen LogP contribution in [-0.2, 0) is 14.3 Å². The zero-order valence-corrected chi connectivity index (χ0v) is 41.5. The van der Waals surface area contributed by atoms with Gasteiger partial charge >= 0.3 is 0 Å². The summed E-state index contributed by atoms with van der Waals surface area (Å²) in [6.45, 7) is 3.71. The fraction of sp³-hybridized carbons (Fsp3) is 0.873. The van der Waals surface area contributed by atoms with Crippen LogP contribution in [0.25, 0.3) is 0 Å². The van der Waals surface area contributed by atoms with E-state index < -0.39 is 49.5 Å². The topological polar surface area (TPSA) is 149 Å². The third-order valence-corrected chi connectivity index (χ3v) is 13.0. The molecule has 0 aliphatic carbocycles. The van der Waals surface area contributed by atoms with E-state index in [1.807, 2.05) is 0 Å². The number of carbonyl (C=O) groups is 1. The predicted octanol–water partition coefficient (Wildman–Crippen LogP) is 12.8. The molecule has 64 heavy (non-hydrogen) atoms. The van der Waals surface area contributed by atoms with Crippen LogP contribution in [0.1, 0.15) is 251 Å². The van der Waals surface area contributed by atoms with Crippen LogP contribution < -0.4 is 5.32 Å². The highest BCUT2D eigenvalue weighted by Crippen LogP contribution is 2.23. The van der Waals surface area contributed by atoms with Crippen LogP contribution in [0.3, 0.4) is 0 Å². The maximum Gasteiger partial charge on any atom is 0.220 e. The highest BCUT2D eigenvalue weighted by atomic mass is 16.7. The summed E-state index contributed by atoms with van der Waals surface area (Å²) in [5.74, 6) is -0.150. The summed E-state index contributed by atoms with van der Waals surface area (Å²) in [5, 5.41) is 53.8. The Hall–Kier alpha value is -1.59. The first-order valence-corrected chi connectivity index (χ1v) is 27.2. The maximum absolute atomic E-state index is 12.9. The second-order valence-corrected chi connectivity index (χ2v) is 19.0. The first-order valence-electron chi connectivity index (χ1n) is 27.2. The molecule has 6 N–H and O–H groups in total. The number of nitrogens with one attached hydrogen (secondary N) is 1. The highest BCUT2D eigenvalue weighted by Gasteiger charge is 2.44. The van der Waals surface area contributed by atoms with E-state index in [2.05, 4.69) is 55.6 Å².